The monoisotopic (exact) mass is 293 g/mol. The van der Waals surface area contributed by atoms with Crippen LogP contribution in [0.3, 0.4) is 0 Å². The van der Waals surface area contributed by atoms with Gasteiger partial charge in [-0.2, -0.15) is 0 Å². The van der Waals surface area contributed by atoms with Crippen LogP contribution < -0.4 is 5.32 Å². The summed E-state index contributed by atoms with van der Waals surface area (Å²) in [6, 6.07) is 15.0. The van der Waals surface area contributed by atoms with E-state index >= 15 is 0 Å². The number of anilines is 1. The number of aromatic nitrogens is 2. The molecule has 1 atom stereocenters. The maximum absolute atomic E-state index is 4.60. The number of aryl methyl sites for hydroxylation is 2. The fourth-order valence-electron chi connectivity index (χ4n) is 3.00. The molecular formula is C19H23N3. The lowest BCUT2D eigenvalue weighted by molar-refractivity contribution is 0.685. The summed E-state index contributed by atoms with van der Waals surface area (Å²) in [5, 5.41) is 4.83. The van der Waals surface area contributed by atoms with Gasteiger partial charge in [-0.05, 0) is 38.0 Å². The van der Waals surface area contributed by atoms with Gasteiger partial charge in [0, 0.05) is 23.8 Å². The van der Waals surface area contributed by atoms with Gasteiger partial charge in [-0.3, -0.25) is 0 Å². The molecule has 2 heterocycles. The molecule has 0 bridgehead atoms. The van der Waals surface area contributed by atoms with Crippen molar-refractivity contribution in [3.05, 3.63) is 59.9 Å². The molecule has 0 amide bonds. The predicted octanol–water partition coefficient (Wildman–Crippen LogP) is 4.93. The number of hydrogen-bond donors (Lipinski definition) is 1. The quantitative estimate of drug-likeness (QED) is 0.723. The minimum absolute atomic E-state index is 0.226. The molecule has 114 valence electrons. The molecule has 0 unspecified atom stereocenters. The molecule has 3 rings (SSSR count). The van der Waals surface area contributed by atoms with E-state index in [4.69, 9.17) is 0 Å². The highest BCUT2D eigenvalue weighted by Crippen LogP contribution is 2.28. The van der Waals surface area contributed by atoms with Gasteiger partial charge in [0.2, 0.25) is 0 Å². The highest BCUT2D eigenvalue weighted by Gasteiger charge is 2.13. The van der Waals surface area contributed by atoms with E-state index in [1.54, 1.807) is 0 Å². The summed E-state index contributed by atoms with van der Waals surface area (Å²) in [6.07, 6.45) is 3.01. The first kappa shape index (κ1) is 14.6. The van der Waals surface area contributed by atoms with Crippen LogP contribution in [0.15, 0.2) is 48.7 Å². The Morgan fingerprint density at radius 3 is 2.68 bits per heavy atom. The summed E-state index contributed by atoms with van der Waals surface area (Å²) in [7, 11) is 0. The summed E-state index contributed by atoms with van der Waals surface area (Å²) in [5.74, 6) is 0.968. The predicted molar refractivity (Wildman–Crippen MR) is 93.2 cm³/mol. The van der Waals surface area contributed by atoms with Gasteiger partial charge in [-0.25, -0.2) is 4.98 Å². The van der Waals surface area contributed by atoms with Gasteiger partial charge in [0.25, 0.3) is 0 Å². The lowest BCUT2D eigenvalue weighted by Gasteiger charge is -2.17. The molecule has 3 aromatic rings. The van der Waals surface area contributed by atoms with Crippen LogP contribution in [0.5, 0.6) is 0 Å². The molecule has 3 heteroatoms. The van der Waals surface area contributed by atoms with E-state index in [-0.39, 0.29) is 6.04 Å². The number of fused-ring (bicyclic) bond motifs is 1. The third-order valence-corrected chi connectivity index (χ3v) is 4.12. The van der Waals surface area contributed by atoms with E-state index in [1.165, 1.54) is 22.2 Å². The molecule has 0 fully saturated rings. The number of nitrogens with one attached hydrogen (secondary N) is 1. The van der Waals surface area contributed by atoms with E-state index in [0.717, 1.165) is 18.8 Å². The number of hydrogen-bond acceptors (Lipinski definition) is 2. The topological polar surface area (TPSA) is 29.9 Å². The Morgan fingerprint density at radius 2 is 1.95 bits per heavy atom. The van der Waals surface area contributed by atoms with Crippen molar-refractivity contribution in [2.75, 3.05) is 5.32 Å². The van der Waals surface area contributed by atoms with E-state index in [0.29, 0.717) is 0 Å². The Morgan fingerprint density at radius 1 is 1.18 bits per heavy atom. The number of benzene rings is 1. The third kappa shape index (κ3) is 2.71. The van der Waals surface area contributed by atoms with Crippen LogP contribution in [0.25, 0.3) is 10.9 Å². The normalized spacial score (nSPS) is 12.5. The SMILES string of the molecule is CCCn1c(C)cc2ccnc(N[C@@H](C)c3ccccc3)c21. The van der Waals surface area contributed by atoms with E-state index in [1.807, 2.05) is 12.3 Å². The van der Waals surface area contributed by atoms with E-state index in [2.05, 4.69) is 72.0 Å². The van der Waals surface area contributed by atoms with Gasteiger partial charge < -0.3 is 9.88 Å². The van der Waals surface area contributed by atoms with Gasteiger partial charge in [-0.15, -0.1) is 0 Å². The molecular weight excluding hydrogens is 270 g/mol. The average Bonchev–Trinajstić information content (AvgIpc) is 2.85. The lowest BCUT2D eigenvalue weighted by Crippen LogP contribution is -2.10. The van der Waals surface area contributed by atoms with Crippen LogP contribution in [0.2, 0.25) is 0 Å². The van der Waals surface area contributed by atoms with Gasteiger partial charge in [0.05, 0.1) is 11.6 Å². The lowest BCUT2D eigenvalue weighted by atomic mass is 10.1. The fourth-order valence-corrected chi connectivity index (χ4v) is 3.00. The van der Waals surface area contributed by atoms with Crippen LogP contribution in [-0.4, -0.2) is 9.55 Å². The van der Waals surface area contributed by atoms with Gasteiger partial charge in [0.15, 0.2) is 5.82 Å². The Kier molecular flexibility index (Phi) is 4.14. The first-order chi connectivity index (χ1) is 10.7. The summed E-state index contributed by atoms with van der Waals surface area (Å²) >= 11 is 0. The van der Waals surface area contributed by atoms with E-state index in [9.17, 15) is 0 Å². The maximum Gasteiger partial charge on any atom is 0.151 e. The zero-order chi connectivity index (χ0) is 15.5. The molecule has 0 aliphatic rings. The van der Waals surface area contributed by atoms with Crippen molar-refractivity contribution < 1.29 is 0 Å². The standard InChI is InChI=1S/C19H23N3/c1-4-12-22-14(2)13-17-10-11-20-19(18(17)22)21-15(3)16-8-6-5-7-9-16/h5-11,13,15H,4,12H2,1-3H3,(H,20,21)/t15-/m0/s1. The second-order valence-electron chi connectivity index (χ2n) is 5.81. The Hall–Kier alpha value is -2.29. The van der Waals surface area contributed by atoms with Crippen molar-refractivity contribution in [3.8, 4) is 0 Å². The molecule has 0 spiro atoms. The molecule has 0 aliphatic carbocycles. The van der Waals surface area contributed by atoms with E-state index < -0.39 is 0 Å². The van der Waals surface area contributed by atoms with Crippen LogP contribution >= 0.6 is 0 Å². The summed E-state index contributed by atoms with van der Waals surface area (Å²) in [4.78, 5) is 4.60. The van der Waals surface area contributed by atoms with Crippen molar-refractivity contribution in [1.82, 2.24) is 9.55 Å². The van der Waals surface area contributed by atoms with Crippen molar-refractivity contribution in [2.24, 2.45) is 0 Å². The second kappa shape index (κ2) is 6.22. The average molecular weight is 293 g/mol. The Balaban J connectivity index is 2.00. The molecule has 3 nitrogen and oxygen atoms in total. The van der Waals surface area contributed by atoms with Crippen molar-refractivity contribution in [2.45, 2.75) is 39.8 Å². The molecule has 2 aromatic heterocycles. The number of pyridine rings is 1. The van der Waals surface area contributed by atoms with Crippen molar-refractivity contribution in [1.29, 1.82) is 0 Å². The summed E-state index contributed by atoms with van der Waals surface area (Å²) in [6.45, 7) is 7.58. The van der Waals surface area contributed by atoms with Crippen molar-refractivity contribution >= 4 is 16.7 Å². The van der Waals surface area contributed by atoms with Gasteiger partial charge in [-0.1, -0.05) is 37.3 Å². The minimum atomic E-state index is 0.226. The van der Waals surface area contributed by atoms with Crippen LogP contribution in [0.1, 0.15) is 37.6 Å². The fraction of sp³-hybridized carbons (Fsp3) is 0.316. The highest BCUT2D eigenvalue weighted by molar-refractivity contribution is 5.90. The molecule has 1 aromatic carbocycles. The Bertz CT molecular complexity index is 759. The third-order valence-electron chi connectivity index (χ3n) is 4.12. The molecule has 22 heavy (non-hydrogen) atoms. The molecule has 0 saturated heterocycles. The molecule has 0 aliphatic heterocycles. The summed E-state index contributed by atoms with van der Waals surface area (Å²) < 4.78 is 2.36. The minimum Gasteiger partial charge on any atom is -0.362 e. The zero-order valence-corrected chi connectivity index (χ0v) is 13.5. The number of nitrogens with zero attached hydrogens (tertiary/aromatic N) is 2. The van der Waals surface area contributed by atoms with Gasteiger partial charge in [0.1, 0.15) is 0 Å². The van der Waals surface area contributed by atoms with Crippen LogP contribution in [-0.2, 0) is 6.54 Å². The highest BCUT2D eigenvalue weighted by atomic mass is 15.1. The first-order valence-corrected chi connectivity index (χ1v) is 7.97. The van der Waals surface area contributed by atoms with Crippen LogP contribution in [0, 0.1) is 6.92 Å². The zero-order valence-electron chi connectivity index (χ0n) is 13.5. The smallest absolute Gasteiger partial charge is 0.151 e. The number of rotatable bonds is 5. The summed E-state index contributed by atoms with van der Waals surface area (Å²) in [5.41, 5.74) is 3.77. The molecule has 1 N–H and O–H groups in total. The molecule has 0 radical (unpaired) electrons. The van der Waals surface area contributed by atoms with Crippen LogP contribution in [0.4, 0.5) is 5.82 Å². The van der Waals surface area contributed by atoms with Gasteiger partial charge >= 0.3 is 0 Å². The maximum atomic E-state index is 4.60. The first-order valence-electron chi connectivity index (χ1n) is 7.97. The molecule has 0 saturated carbocycles. The second-order valence-corrected chi connectivity index (χ2v) is 5.81. The van der Waals surface area contributed by atoms with Crippen molar-refractivity contribution in [3.63, 3.8) is 0 Å². The Labute approximate surface area is 132 Å². The largest absolute Gasteiger partial charge is 0.362 e.